The number of thiazole rings is 1. The number of carbonyl (C=O) groups is 1. The molecule has 0 radical (unpaired) electrons. The SMILES string of the molecule is Cc1nc(CNC(=O)[C@H]2CCCN2S(=O)(=O)c2ccccc2F)cs1. The fourth-order valence-electron chi connectivity index (χ4n) is 2.86. The summed E-state index contributed by atoms with van der Waals surface area (Å²) in [6, 6.07) is 4.38. The molecule has 3 rings (SSSR count). The summed E-state index contributed by atoms with van der Waals surface area (Å²) in [6.07, 6.45) is 0.969. The number of carbonyl (C=O) groups excluding carboxylic acids is 1. The average Bonchev–Trinajstić information content (AvgIpc) is 3.22. The molecule has 0 aliphatic carbocycles. The first-order valence-electron chi connectivity index (χ1n) is 7.84. The predicted molar refractivity (Wildman–Crippen MR) is 92.0 cm³/mol. The lowest BCUT2D eigenvalue weighted by Gasteiger charge is -2.23. The molecule has 0 spiro atoms. The van der Waals surface area contributed by atoms with Crippen LogP contribution in [0.15, 0.2) is 34.5 Å². The third kappa shape index (κ3) is 3.73. The van der Waals surface area contributed by atoms with Gasteiger partial charge in [0, 0.05) is 11.9 Å². The lowest BCUT2D eigenvalue weighted by atomic mass is 10.2. The minimum atomic E-state index is -4.06. The molecule has 1 aromatic carbocycles. The minimum Gasteiger partial charge on any atom is -0.349 e. The summed E-state index contributed by atoms with van der Waals surface area (Å²) in [5.74, 6) is -1.20. The highest BCUT2D eigenvalue weighted by molar-refractivity contribution is 7.89. The van der Waals surface area contributed by atoms with Crippen LogP contribution in [0, 0.1) is 12.7 Å². The van der Waals surface area contributed by atoms with Crippen molar-refractivity contribution in [2.75, 3.05) is 6.54 Å². The summed E-state index contributed by atoms with van der Waals surface area (Å²) in [4.78, 5) is 16.3. The van der Waals surface area contributed by atoms with Crippen molar-refractivity contribution in [2.45, 2.75) is 37.2 Å². The second-order valence-corrected chi connectivity index (χ2v) is 8.70. The third-order valence-corrected chi connectivity index (χ3v) is 6.80. The summed E-state index contributed by atoms with van der Waals surface area (Å²) in [7, 11) is -4.06. The van der Waals surface area contributed by atoms with E-state index in [2.05, 4.69) is 10.3 Å². The summed E-state index contributed by atoms with van der Waals surface area (Å²) in [6.45, 7) is 2.31. The first-order chi connectivity index (χ1) is 11.9. The van der Waals surface area contributed by atoms with E-state index in [0.29, 0.717) is 12.8 Å². The Morgan fingerprint density at radius 3 is 2.88 bits per heavy atom. The highest BCUT2D eigenvalue weighted by Crippen LogP contribution is 2.27. The Kier molecular flexibility index (Phi) is 5.16. The number of aromatic nitrogens is 1. The van der Waals surface area contributed by atoms with Crippen molar-refractivity contribution in [3.63, 3.8) is 0 Å². The van der Waals surface area contributed by atoms with Crippen LogP contribution in [0.2, 0.25) is 0 Å². The van der Waals surface area contributed by atoms with Gasteiger partial charge in [-0.3, -0.25) is 4.79 Å². The van der Waals surface area contributed by atoms with E-state index >= 15 is 0 Å². The van der Waals surface area contributed by atoms with E-state index in [4.69, 9.17) is 0 Å². The van der Waals surface area contributed by atoms with Crippen molar-refractivity contribution in [3.8, 4) is 0 Å². The number of nitrogens with one attached hydrogen (secondary N) is 1. The van der Waals surface area contributed by atoms with Crippen LogP contribution in [0.5, 0.6) is 0 Å². The van der Waals surface area contributed by atoms with Gasteiger partial charge in [0.05, 0.1) is 17.2 Å². The first-order valence-corrected chi connectivity index (χ1v) is 10.2. The Bertz CT molecular complexity index is 882. The van der Waals surface area contributed by atoms with Crippen molar-refractivity contribution in [1.82, 2.24) is 14.6 Å². The number of benzene rings is 1. The highest BCUT2D eigenvalue weighted by Gasteiger charge is 2.40. The van der Waals surface area contributed by atoms with Crippen molar-refractivity contribution in [3.05, 3.63) is 46.2 Å². The Hall–Kier alpha value is -1.84. The molecular formula is C16H18FN3O3S2. The van der Waals surface area contributed by atoms with Gasteiger partial charge in [0.25, 0.3) is 0 Å². The van der Waals surface area contributed by atoms with Crippen molar-refractivity contribution in [1.29, 1.82) is 0 Å². The van der Waals surface area contributed by atoms with Crippen LogP contribution in [0.4, 0.5) is 4.39 Å². The Balaban J connectivity index is 1.75. The predicted octanol–water partition coefficient (Wildman–Crippen LogP) is 2.06. The van der Waals surface area contributed by atoms with Crippen LogP contribution in [-0.4, -0.2) is 36.2 Å². The molecule has 6 nitrogen and oxygen atoms in total. The quantitative estimate of drug-likeness (QED) is 0.857. The van der Waals surface area contributed by atoms with E-state index in [1.165, 1.54) is 29.5 Å². The number of hydrogen-bond acceptors (Lipinski definition) is 5. The molecule has 1 N–H and O–H groups in total. The van der Waals surface area contributed by atoms with Gasteiger partial charge in [-0.2, -0.15) is 4.31 Å². The van der Waals surface area contributed by atoms with E-state index in [9.17, 15) is 17.6 Å². The monoisotopic (exact) mass is 383 g/mol. The third-order valence-electron chi connectivity index (χ3n) is 4.04. The molecule has 1 amide bonds. The molecule has 0 bridgehead atoms. The molecule has 134 valence electrons. The average molecular weight is 383 g/mol. The lowest BCUT2D eigenvalue weighted by Crippen LogP contribution is -2.45. The smallest absolute Gasteiger partial charge is 0.246 e. The van der Waals surface area contributed by atoms with E-state index < -0.39 is 26.8 Å². The van der Waals surface area contributed by atoms with E-state index in [-0.39, 0.29) is 19.0 Å². The number of aryl methyl sites for hydroxylation is 1. The van der Waals surface area contributed by atoms with Crippen LogP contribution in [-0.2, 0) is 21.4 Å². The molecular weight excluding hydrogens is 365 g/mol. The molecule has 2 aromatic rings. The highest BCUT2D eigenvalue weighted by atomic mass is 32.2. The van der Waals surface area contributed by atoms with Crippen molar-refractivity contribution >= 4 is 27.3 Å². The van der Waals surface area contributed by atoms with Gasteiger partial charge in [-0.15, -0.1) is 11.3 Å². The Morgan fingerprint density at radius 1 is 1.44 bits per heavy atom. The second kappa shape index (κ2) is 7.19. The molecule has 1 fully saturated rings. The van der Waals surface area contributed by atoms with Gasteiger partial charge in [0.1, 0.15) is 16.8 Å². The topological polar surface area (TPSA) is 79.4 Å². The summed E-state index contributed by atoms with van der Waals surface area (Å²) in [5, 5.41) is 5.47. The fraction of sp³-hybridized carbons (Fsp3) is 0.375. The zero-order valence-electron chi connectivity index (χ0n) is 13.6. The van der Waals surface area contributed by atoms with Gasteiger partial charge in [-0.1, -0.05) is 12.1 Å². The zero-order chi connectivity index (χ0) is 18.0. The maximum absolute atomic E-state index is 13.9. The van der Waals surface area contributed by atoms with E-state index in [0.717, 1.165) is 21.1 Å². The van der Waals surface area contributed by atoms with E-state index in [1.807, 2.05) is 12.3 Å². The van der Waals surface area contributed by atoms with Gasteiger partial charge in [0.15, 0.2) is 0 Å². The van der Waals surface area contributed by atoms with Crippen LogP contribution in [0.1, 0.15) is 23.5 Å². The molecule has 1 aromatic heterocycles. The number of rotatable bonds is 5. The van der Waals surface area contributed by atoms with Gasteiger partial charge >= 0.3 is 0 Å². The van der Waals surface area contributed by atoms with Crippen molar-refractivity contribution < 1.29 is 17.6 Å². The normalized spacial score (nSPS) is 18.4. The molecule has 1 atom stereocenters. The fourth-order valence-corrected chi connectivity index (χ4v) is 5.19. The van der Waals surface area contributed by atoms with Gasteiger partial charge in [-0.25, -0.2) is 17.8 Å². The maximum atomic E-state index is 13.9. The van der Waals surface area contributed by atoms with E-state index in [1.54, 1.807) is 0 Å². The Morgan fingerprint density at radius 2 is 2.20 bits per heavy atom. The Labute approximate surface area is 149 Å². The molecule has 2 heterocycles. The molecule has 9 heteroatoms. The van der Waals surface area contributed by atoms with Crippen molar-refractivity contribution in [2.24, 2.45) is 0 Å². The molecule has 1 aliphatic rings. The standard InChI is InChI=1S/C16H18FN3O3S2/c1-11-19-12(10-24-11)9-18-16(21)14-6-4-8-20(14)25(22,23)15-7-3-2-5-13(15)17/h2-3,5,7,10,14H,4,6,8-9H2,1H3,(H,18,21)/t14-/m1/s1. The van der Waals surface area contributed by atoms with Gasteiger partial charge in [0.2, 0.25) is 15.9 Å². The van der Waals surface area contributed by atoms with Gasteiger partial charge < -0.3 is 5.32 Å². The number of sulfonamides is 1. The van der Waals surface area contributed by atoms with Gasteiger partial charge in [-0.05, 0) is 31.9 Å². The molecule has 1 saturated heterocycles. The number of hydrogen-bond donors (Lipinski definition) is 1. The number of nitrogens with zero attached hydrogens (tertiary/aromatic N) is 2. The van der Waals surface area contributed by atoms with Crippen LogP contribution >= 0.6 is 11.3 Å². The number of amides is 1. The van der Waals surface area contributed by atoms with Crippen LogP contribution in [0.3, 0.4) is 0 Å². The zero-order valence-corrected chi connectivity index (χ0v) is 15.2. The lowest BCUT2D eigenvalue weighted by molar-refractivity contribution is -0.124. The molecule has 25 heavy (non-hydrogen) atoms. The summed E-state index contributed by atoms with van der Waals surface area (Å²) < 4.78 is 40.5. The number of halogens is 1. The summed E-state index contributed by atoms with van der Waals surface area (Å²) in [5.41, 5.74) is 0.734. The maximum Gasteiger partial charge on any atom is 0.246 e. The molecule has 1 aliphatic heterocycles. The van der Waals surface area contributed by atoms with Crippen LogP contribution < -0.4 is 5.32 Å². The molecule has 0 unspecified atom stereocenters. The minimum absolute atomic E-state index is 0.199. The van der Waals surface area contributed by atoms with Crippen LogP contribution in [0.25, 0.3) is 0 Å². The first kappa shape index (κ1) is 18.0. The molecule has 0 saturated carbocycles. The largest absolute Gasteiger partial charge is 0.349 e. The summed E-state index contributed by atoms with van der Waals surface area (Å²) >= 11 is 1.48. The second-order valence-electron chi connectivity index (χ2n) is 5.78.